The SMILES string of the molecule is COC(=O)[C@@H](NC(=O)N[C@@H](C)CCCC(C)C)C(C)C. The van der Waals surface area contributed by atoms with Gasteiger partial charge in [-0.15, -0.1) is 0 Å². The molecule has 20 heavy (non-hydrogen) atoms. The van der Waals surface area contributed by atoms with Crippen molar-refractivity contribution in [2.45, 2.75) is 66.0 Å². The second-order valence-electron chi connectivity index (χ2n) is 6.09. The van der Waals surface area contributed by atoms with Gasteiger partial charge in [0.15, 0.2) is 0 Å². The first-order chi connectivity index (χ1) is 9.27. The predicted molar refractivity (Wildman–Crippen MR) is 80.5 cm³/mol. The van der Waals surface area contributed by atoms with Crippen molar-refractivity contribution in [1.82, 2.24) is 10.6 Å². The molecule has 118 valence electrons. The molecular formula is C15H30N2O3. The smallest absolute Gasteiger partial charge is 0.328 e. The summed E-state index contributed by atoms with van der Waals surface area (Å²) in [5.41, 5.74) is 0. The van der Waals surface area contributed by atoms with Crippen molar-refractivity contribution < 1.29 is 14.3 Å². The van der Waals surface area contributed by atoms with Gasteiger partial charge in [-0.25, -0.2) is 9.59 Å². The quantitative estimate of drug-likeness (QED) is 0.674. The number of hydrogen-bond donors (Lipinski definition) is 2. The maximum atomic E-state index is 11.9. The standard InChI is InChI=1S/C15H30N2O3/c1-10(2)8-7-9-12(5)16-15(19)17-13(11(3)4)14(18)20-6/h10-13H,7-9H2,1-6H3,(H2,16,17,19)/t12-,13-/m0/s1. The molecule has 0 saturated carbocycles. The first-order valence-corrected chi connectivity index (χ1v) is 7.42. The topological polar surface area (TPSA) is 67.4 Å². The van der Waals surface area contributed by atoms with Crippen LogP contribution in [0.4, 0.5) is 4.79 Å². The molecule has 0 aliphatic rings. The van der Waals surface area contributed by atoms with Gasteiger partial charge >= 0.3 is 12.0 Å². The Morgan fingerprint density at radius 3 is 2.05 bits per heavy atom. The maximum absolute atomic E-state index is 11.9. The third kappa shape index (κ3) is 8.02. The highest BCUT2D eigenvalue weighted by molar-refractivity contribution is 5.83. The molecule has 5 heteroatoms. The zero-order valence-electron chi connectivity index (χ0n) is 13.7. The summed E-state index contributed by atoms with van der Waals surface area (Å²) in [7, 11) is 1.33. The van der Waals surface area contributed by atoms with Crippen LogP contribution in [0.2, 0.25) is 0 Å². The summed E-state index contributed by atoms with van der Waals surface area (Å²) in [6.07, 6.45) is 3.18. The van der Waals surface area contributed by atoms with Crippen LogP contribution in [0.3, 0.4) is 0 Å². The van der Waals surface area contributed by atoms with Crippen molar-refractivity contribution in [2.24, 2.45) is 11.8 Å². The Morgan fingerprint density at radius 1 is 1.00 bits per heavy atom. The molecular weight excluding hydrogens is 256 g/mol. The maximum Gasteiger partial charge on any atom is 0.328 e. The molecule has 2 N–H and O–H groups in total. The highest BCUT2D eigenvalue weighted by atomic mass is 16.5. The second-order valence-corrected chi connectivity index (χ2v) is 6.09. The van der Waals surface area contributed by atoms with Gasteiger partial charge in [0.2, 0.25) is 0 Å². The minimum atomic E-state index is -0.608. The van der Waals surface area contributed by atoms with Crippen LogP contribution >= 0.6 is 0 Å². The Labute approximate surface area is 122 Å². The van der Waals surface area contributed by atoms with E-state index in [-0.39, 0.29) is 18.0 Å². The Kier molecular flexibility index (Phi) is 9.01. The molecule has 0 aromatic rings. The average Bonchev–Trinajstić information content (AvgIpc) is 2.34. The summed E-state index contributed by atoms with van der Waals surface area (Å²) in [6, 6.07) is -0.826. The Balaban J connectivity index is 4.15. The van der Waals surface area contributed by atoms with E-state index >= 15 is 0 Å². The molecule has 0 aliphatic heterocycles. The van der Waals surface area contributed by atoms with Gasteiger partial charge < -0.3 is 15.4 Å². The van der Waals surface area contributed by atoms with Crippen LogP contribution in [0.1, 0.15) is 53.9 Å². The van der Waals surface area contributed by atoms with E-state index in [0.29, 0.717) is 5.92 Å². The minimum Gasteiger partial charge on any atom is -0.467 e. The van der Waals surface area contributed by atoms with E-state index in [1.165, 1.54) is 7.11 Å². The summed E-state index contributed by atoms with van der Waals surface area (Å²) in [5, 5.41) is 5.53. The summed E-state index contributed by atoms with van der Waals surface area (Å²) in [4.78, 5) is 23.4. The zero-order chi connectivity index (χ0) is 15.7. The second kappa shape index (κ2) is 9.61. The Bertz CT molecular complexity index is 303. The molecule has 2 amide bonds. The van der Waals surface area contributed by atoms with E-state index in [2.05, 4.69) is 29.2 Å². The van der Waals surface area contributed by atoms with Crippen LogP contribution < -0.4 is 10.6 Å². The lowest BCUT2D eigenvalue weighted by Gasteiger charge is -2.22. The third-order valence-corrected chi connectivity index (χ3v) is 3.20. The third-order valence-electron chi connectivity index (χ3n) is 3.20. The van der Waals surface area contributed by atoms with Crippen molar-refractivity contribution in [3.8, 4) is 0 Å². The van der Waals surface area contributed by atoms with Crippen LogP contribution in [-0.2, 0) is 9.53 Å². The van der Waals surface area contributed by atoms with E-state index in [0.717, 1.165) is 19.3 Å². The lowest BCUT2D eigenvalue weighted by atomic mass is 10.0. The van der Waals surface area contributed by atoms with Gasteiger partial charge in [-0.3, -0.25) is 0 Å². The monoisotopic (exact) mass is 286 g/mol. The lowest BCUT2D eigenvalue weighted by molar-refractivity contribution is -0.143. The summed E-state index contributed by atoms with van der Waals surface area (Å²) in [6.45, 7) is 10.1. The fourth-order valence-corrected chi connectivity index (χ4v) is 1.94. The first kappa shape index (κ1) is 18.7. The minimum absolute atomic E-state index is 0.00977. The van der Waals surface area contributed by atoms with E-state index in [1.54, 1.807) is 0 Å². The van der Waals surface area contributed by atoms with Crippen LogP contribution in [0.25, 0.3) is 0 Å². The molecule has 0 spiro atoms. The number of methoxy groups -OCH3 is 1. The van der Waals surface area contributed by atoms with E-state index in [1.807, 2.05) is 20.8 Å². The molecule has 0 saturated heterocycles. The number of urea groups is 1. The molecule has 5 nitrogen and oxygen atoms in total. The molecule has 0 aliphatic carbocycles. The normalized spacial score (nSPS) is 14.0. The molecule has 0 radical (unpaired) electrons. The highest BCUT2D eigenvalue weighted by Gasteiger charge is 2.25. The lowest BCUT2D eigenvalue weighted by Crippen LogP contribution is -2.50. The number of amides is 2. The largest absolute Gasteiger partial charge is 0.467 e. The number of carbonyl (C=O) groups is 2. The summed E-state index contributed by atoms with van der Waals surface area (Å²) >= 11 is 0. The number of esters is 1. The van der Waals surface area contributed by atoms with E-state index < -0.39 is 12.0 Å². The molecule has 2 atom stereocenters. The van der Waals surface area contributed by atoms with Crippen LogP contribution in [-0.4, -0.2) is 31.2 Å². The Hall–Kier alpha value is -1.26. The molecule has 0 heterocycles. The molecule has 0 aromatic carbocycles. The fourth-order valence-electron chi connectivity index (χ4n) is 1.94. The highest BCUT2D eigenvalue weighted by Crippen LogP contribution is 2.08. The Morgan fingerprint density at radius 2 is 1.60 bits per heavy atom. The van der Waals surface area contributed by atoms with Crippen LogP contribution in [0.15, 0.2) is 0 Å². The van der Waals surface area contributed by atoms with Gasteiger partial charge in [0.05, 0.1) is 7.11 Å². The van der Waals surface area contributed by atoms with Crippen molar-refractivity contribution >= 4 is 12.0 Å². The number of rotatable bonds is 8. The molecule has 0 bridgehead atoms. The van der Waals surface area contributed by atoms with E-state index in [4.69, 9.17) is 0 Å². The number of hydrogen-bond acceptors (Lipinski definition) is 3. The first-order valence-electron chi connectivity index (χ1n) is 7.42. The fraction of sp³-hybridized carbons (Fsp3) is 0.867. The van der Waals surface area contributed by atoms with Crippen molar-refractivity contribution in [3.63, 3.8) is 0 Å². The van der Waals surface area contributed by atoms with Crippen molar-refractivity contribution in [2.75, 3.05) is 7.11 Å². The van der Waals surface area contributed by atoms with Gasteiger partial charge in [0, 0.05) is 6.04 Å². The van der Waals surface area contributed by atoms with Gasteiger partial charge in [0.1, 0.15) is 6.04 Å². The number of carbonyl (C=O) groups excluding carboxylic acids is 2. The van der Waals surface area contributed by atoms with Gasteiger partial charge in [-0.1, -0.05) is 40.5 Å². The van der Waals surface area contributed by atoms with E-state index in [9.17, 15) is 9.59 Å². The van der Waals surface area contributed by atoms with Gasteiger partial charge in [-0.05, 0) is 25.2 Å². The number of nitrogens with one attached hydrogen (secondary N) is 2. The van der Waals surface area contributed by atoms with Crippen molar-refractivity contribution in [1.29, 1.82) is 0 Å². The van der Waals surface area contributed by atoms with Crippen LogP contribution in [0, 0.1) is 11.8 Å². The zero-order valence-corrected chi connectivity index (χ0v) is 13.7. The molecule has 0 aromatic heterocycles. The summed E-state index contributed by atoms with van der Waals surface area (Å²) < 4.78 is 4.69. The van der Waals surface area contributed by atoms with Crippen molar-refractivity contribution in [3.05, 3.63) is 0 Å². The average molecular weight is 286 g/mol. The molecule has 0 unspecified atom stereocenters. The molecule has 0 fully saturated rings. The van der Waals surface area contributed by atoms with Gasteiger partial charge in [0.25, 0.3) is 0 Å². The number of ether oxygens (including phenoxy) is 1. The predicted octanol–water partition coefficient (Wildman–Crippen LogP) is 2.70. The summed E-state index contributed by atoms with van der Waals surface area (Å²) in [5.74, 6) is 0.257. The molecule has 0 rings (SSSR count). The van der Waals surface area contributed by atoms with Crippen LogP contribution in [0.5, 0.6) is 0 Å². The van der Waals surface area contributed by atoms with Gasteiger partial charge in [-0.2, -0.15) is 0 Å².